The fourth-order valence-corrected chi connectivity index (χ4v) is 2.15. The van der Waals surface area contributed by atoms with Crippen LogP contribution in [0.1, 0.15) is 20.7 Å². The molecule has 0 heterocycles. The van der Waals surface area contributed by atoms with Crippen LogP contribution >= 0.6 is 0 Å². The topological polar surface area (TPSA) is 144 Å². The Morgan fingerprint density at radius 3 is 2.15 bits per heavy atom. The lowest BCUT2D eigenvalue weighted by atomic mass is 10.1. The molecule has 10 nitrogen and oxygen atoms in total. The van der Waals surface area contributed by atoms with E-state index in [0.29, 0.717) is 0 Å². The molecular formula is C17H12N4O6. The number of terminal acetylenes is 1. The molecule has 0 spiro atoms. The van der Waals surface area contributed by atoms with Crippen molar-refractivity contribution < 1.29 is 19.4 Å². The predicted octanol–water partition coefficient (Wildman–Crippen LogP) is 2.12. The zero-order chi connectivity index (χ0) is 20.0. The lowest BCUT2D eigenvalue weighted by Crippen LogP contribution is -2.25. The number of rotatable bonds is 6. The van der Waals surface area contributed by atoms with Gasteiger partial charge in [0, 0.05) is 12.1 Å². The number of non-ortho nitro benzene ring substituents is 2. The number of para-hydroxylation sites is 1. The number of anilines is 1. The number of carbonyl (C=O) groups is 2. The summed E-state index contributed by atoms with van der Waals surface area (Å²) in [7, 11) is 0. The van der Waals surface area contributed by atoms with Crippen LogP contribution in [0.3, 0.4) is 0 Å². The minimum Gasteiger partial charge on any atom is -0.341 e. The minimum atomic E-state index is -0.848. The highest BCUT2D eigenvalue weighted by molar-refractivity contribution is 6.09. The second-order valence-electron chi connectivity index (χ2n) is 5.14. The molecule has 0 fully saturated rings. The molecule has 27 heavy (non-hydrogen) atoms. The van der Waals surface area contributed by atoms with Gasteiger partial charge < -0.3 is 10.6 Å². The quantitative estimate of drug-likeness (QED) is 0.454. The number of benzene rings is 2. The number of nitrogens with one attached hydrogen (secondary N) is 2. The van der Waals surface area contributed by atoms with E-state index >= 15 is 0 Å². The molecule has 0 bridgehead atoms. The Hall–Kier alpha value is -4.26. The van der Waals surface area contributed by atoms with Gasteiger partial charge in [-0.25, -0.2) is 0 Å². The third-order valence-electron chi connectivity index (χ3n) is 3.36. The maximum absolute atomic E-state index is 12.4. The molecule has 0 aliphatic heterocycles. The van der Waals surface area contributed by atoms with Crippen LogP contribution in [0.25, 0.3) is 0 Å². The smallest absolute Gasteiger partial charge is 0.277 e. The van der Waals surface area contributed by atoms with Gasteiger partial charge in [-0.2, -0.15) is 0 Å². The van der Waals surface area contributed by atoms with Gasteiger partial charge in [0.15, 0.2) is 0 Å². The maximum Gasteiger partial charge on any atom is 0.277 e. The van der Waals surface area contributed by atoms with Crippen LogP contribution in [-0.2, 0) is 0 Å². The number of nitro benzene ring substituents is 2. The molecule has 10 heteroatoms. The summed E-state index contributed by atoms with van der Waals surface area (Å²) in [4.78, 5) is 44.7. The van der Waals surface area contributed by atoms with Crippen LogP contribution in [0.15, 0.2) is 42.5 Å². The van der Waals surface area contributed by atoms with E-state index in [1.54, 1.807) is 12.1 Å². The van der Waals surface area contributed by atoms with E-state index in [2.05, 4.69) is 16.6 Å². The average molecular weight is 368 g/mol. The standard InChI is InChI=1S/C17H12N4O6/c1-2-7-18-17(23)14-5-3-4-6-15(14)19-16(22)11-8-12(20(24)25)10-13(9-11)21(26)27/h1,3-6,8-10H,7H2,(H,18,23)(H,19,22). The lowest BCUT2D eigenvalue weighted by Gasteiger charge is -2.10. The van der Waals surface area contributed by atoms with E-state index in [0.717, 1.165) is 18.2 Å². The van der Waals surface area contributed by atoms with Crippen LogP contribution < -0.4 is 10.6 Å². The number of nitrogens with zero attached hydrogens (tertiary/aromatic N) is 2. The van der Waals surface area contributed by atoms with Crippen LogP contribution in [0.4, 0.5) is 17.1 Å². The van der Waals surface area contributed by atoms with E-state index in [1.165, 1.54) is 12.1 Å². The van der Waals surface area contributed by atoms with E-state index in [4.69, 9.17) is 6.42 Å². The summed E-state index contributed by atoms with van der Waals surface area (Å²) in [5.74, 6) is 0.860. The second-order valence-corrected chi connectivity index (χ2v) is 5.14. The van der Waals surface area contributed by atoms with Crippen molar-refractivity contribution in [1.29, 1.82) is 0 Å². The molecule has 0 unspecified atom stereocenters. The minimum absolute atomic E-state index is 0.0157. The van der Waals surface area contributed by atoms with Crippen LogP contribution in [0.5, 0.6) is 0 Å². The van der Waals surface area contributed by atoms with Gasteiger partial charge in [0.1, 0.15) is 0 Å². The number of hydrogen-bond acceptors (Lipinski definition) is 6. The first-order valence-electron chi connectivity index (χ1n) is 7.39. The summed E-state index contributed by atoms with van der Waals surface area (Å²) >= 11 is 0. The SMILES string of the molecule is C#CCNC(=O)c1ccccc1NC(=O)c1cc([N+](=O)[O-])cc([N+](=O)[O-])c1. The normalized spacial score (nSPS) is 9.74. The Bertz CT molecular complexity index is 947. The zero-order valence-electron chi connectivity index (χ0n) is 13.7. The molecule has 0 saturated carbocycles. The molecule has 2 aromatic carbocycles. The predicted molar refractivity (Wildman–Crippen MR) is 95.3 cm³/mol. The maximum atomic E-state index is 12.4. The van der Waals surface area contributed by atoms with Gasteiger partial charge in [0.05, 0.1) is 39.3 Å². The largest absolute Gasteiger partial charge is 0.341 e. The lowest BCUT2D eigenvalue weighted by molar-refractivity contribution is -0.394. The summed E-state index contributed by atoms with van der Waals surface area (Å²) in [6.07, 6.45) is 5.08. The van der Waals surface area contributed by atoms with Gasteiger partial charge in [-0.05, 0) is 12.1 Å². The van der Waals surface area contributed by atoms with E-state index < -0.39 is 33.0 Å². The Morgan fingerprint density at radius 2 is 1.59 bits per heavy atom. The van der Waals surface area contributed by atoms with E-state index in [1.807, 2.05) is 0 Å². The van der Waals surface area contributed by atoms with E-state index in [9.17, 15) is 29.8 Å². The summed E-state index contributed by atoms with van der Waals surface area (Å²) in [6.45, 7) is -0.0157. The molecule has 136 valence electrons. The highest BCUT2D eigenvalue weighted by Crippen LogP contribution is 2.24. The van der Waals surface area contributed by atoms with Gasteiger partial charge in [-0.15, -0.1) is 6.42 Å². The average Bonchev–Trinajstić information content (AvgIpc) is 2.65. The summed E-state index contributed by atoms with van der Waals surface area (Å²) in [5.41, 5.74) is -1.27. The van der Waals surface area contributed by atoms with Gasteiger partial charge in [0.2, 0.25) is 0 Å². The molecule has 2 rings (SSSR count). The Balaban J connectivity index is 2.36. The van der Waals surface area contributed by atoms with Crippen molar-refractivity contribution in [2.45, 2.75) is 0 Å². The van der Waals surface area contributed by atoms with Crippen LogP contribution in [0, 0.1) is 32.6 Å². The highest BCUT2D eigenvalue weighted by Gasteiger charge is 2.21. The summed E-state index contributed by atoms with van der Waals surface area (Å²) in [6, 6.07) is 8.57. The Kier molecular flexibility index (Phi) is 5.80. The second kappa shape index (κ2) is 8.21. The first kappa shape index (κ1) is 19.1. The third-order valence-corrected chi connectivity index (χ3v) is 3.36. The fourth-order valence-electron chi connectivity index (χ4n) is 2.15. The Morgan fingerprint density at radius 1 is 1.00 bits per heavy atom. The molecular weight excluding hydrogens is 356 g/mol. The van der Waals surface area contributed by atoms with Crippen LogP contribution in [-0.4, -0.2) is 28.2 Å². The Labute approximate surface area is 152 Å². The number of carbonyl (C=O) groups excluding carboxylic acids is 2. The van der Waals surface area contributed by atoms with Crippen molar-refractivity contribution in [3.63, 3.8) is 0 Å². The highest BCUT2D eigenvalue weighted by atomic mass is 16.6. The molecule has 0 aliphatic rings. The first-order chi connectivity index (χ1) is 12.8. The fraction of sp³-hybridized carbons (Fsp3) is 0.0588. The zero-order valence-corrected chi connectivity index (χ0v) is 13.7. The third kappa shape index (κ3) is 4.64. The van der Waals surface area contributed by atoms with Gasteiger partial charge in [0.25, 0.3) is 23.2 Å². The van der Waals surface area contributed by atoms with Gasteiger partial charge in [-0.3, -0.25) is 29.8 Å². The van der Waals surface area contributed by atoms with E-state index in [-0.39, 0.29) is 23.4 Å². The van der Waals surface area contributed by atoms with Crippen molar-refractivity contribution in [3.8, 4) is 12.3 Å². The molecule has 0 aromatic heterocycles. The van der Waals surface area contributed by atoms with Crippen molar-refractivity contribution in [1.82, 2.24) is 5.32 Å². The van der Waals surface area contributed by atoms with Gasteiger partial charge in [-0.1, -0.05) is 18.1 Å². The van der Waals surface area contributed by atoms with Gasteiger partial charge >= 0.3 is 0 Å². The van der Waals surface area contributed by atoms with Crippen molar-refractivity contribution in [2.24, 2.45) is 0 Å². The molecule has 0 aliphatic carbocycles. The number of amides is 2. The van der Waals surface area contributed by atoms with Crippen LogP contribution in [0.2, 0.25) is 0 Å². The first-order valence-corrected chi connectivity index (χ1v) is 7.39. The van der Waals surface area contributed by atoms with Crippen molar-refractivity contribution in [3.05, 3.63) is 73.8 Å². The summed E-state index contributed by atoms with van der Waals surface area (Å²) < 4.78 is 0. The number of hydrogen-bond donors (Lipinski definition) is 2. The molecule has 0 radical (unpaired) electrons. The summed E-state index contributed by atoms with van der Waals surface area (Å²) in [5, 5.41) is 26.7. The molecule has 2 aromatic rings. The molecule has 2 N–H and O–H groups in total. The molecule has 0 saturated heterocycles. The van der Waals surface area contributed by atoms with Crippen molar-refractivity contribution >= 4 is 28.9 Å². The molecule has 0 atom stereocenters. The monoisotopic (exact) mass is 368 g/mol. The van der Waals surface area contributed by atoms with Crippen molar-refractivity contribution in [2.75, 3.05) is 11.9 Å². The molecule has 2 amide bonds. The number of nitro groups is 2.